The number of carbonyl (C=O) groups excluding carboxylic acids is 2. The third-order valence-electron chi connectivity index (χ3n) is 3.02. The first-order valence-electron chi connectivity index (χ1n) is 6.80. The molecule has 0 spiro atoms. The molecule has 0 unspecified atom stereocenters. The van der Waals surface area contributed by atoms with Crippen molar-refractivity contribution in [3.8, 4) is 0 Å². The quantitative estimate of drug-likeness (QED) is 0.881. The second kappa shape index (κ2) is 6.85. The number of aryl methyl sites for hydroxylation is 1. The number of carbonyl (C=O) groups is 2. The molecule has 22 heavy (non-hydrogen) atoms. The van der Waals surface area contributed by atoms with E-state index in [1.807, 2.05) is 25.1 Å². The van der Waals surface area contributed by atoms with Crippen molar-refractivity contribution in [1.82, 2.24) is 0 Å². The maximum absolute atomic E-state index is 12.8. The van der Waals surface area contributed by atoms with E-state index in [9.17, 15) is 14.0 Å². The number of halogens is 1. The number of hydrogen-bond acceptors (Lipinski definition) is 3. The van der Waals surface area contributed by atoms with Crippen molar-refractivity contribution in [2.75, 3.05) is 5.32 Å². The van der Waals surface area contributed by atoms with E-state index >= 15 is 0 Å². The predicted octanol–water partition coefficient (Wildman–Crippen LogP) is 3.32. The van der Waals surface area contributed by atoms with Crippen molar-refractivity contribution in [3.63, 3.8) is 0 Å². The lowest BCUT2D eigenvalue weighted by atomic mass is 10.2. The van der Waals surface area contributed by atoms with Crippen LogP contribution in [0.1, 0.15) is 22.8 Å². The Balaban J connectivity index is 1.96. The van der Waals surface area contributed by atoms with E-state index in [-0.39, 0.29) is 5.56 Å². The van der Waals surface area contributed by atoms with E-state index in [1.165, 1.54) is 19.1 Å². The van der Waals surface area contributed by atoms with Gasteiger partial charge >= 0.3 is 5.97 Å². The molecule has 0 aliphatic carbocycles. The minimum absolute atomic E-state index is 0.191. The molecular weight excluding hydrogens is 285 g/mol. The molecule has 0 aliphatic heterocycles. The summed E-state index contributed by atoms with van der Waals surface area (Å²) in [7, 11) is 0. The van der Waals surface area contributed by atoms with Gasteiger partial charge in [-0.05, 0) is 55.8 Å². The summed E-state index contributed by atoms with van der Waals surface area (Å²) in [4.78, 5) is 23.8. The fraction of sp³-hybridized carbons (Fsp3) is 0.176. The van der Waals surface area contributed by atoms with Crippen LogP contribution < -0.4 is 5.32 Å². The van der Waals surface area contributed by atoms with Gasteiger partial charge in [-0.2, -0.15) is 0 Å². The number of nitrogens with one attached hydrogen (secondary N) is 1. The van der Waals surface area contributed by atoms with Gasteiger partial charge in [0, 0.05) is 5.69 Å². The number of ether oxygens (including phenoxy) is 1. The van der Waals surface area contributed by atoms with Crippen LogP contribution in [0.2, 0.25) is 0 Å². The van der Waals surface area contributed by atoms with E-state index in [2.05, 4.69) is 5.32 Å². The van der Waals surface area contributed by atoms with Crippen LogP contribution in [0.4, 0.5) is 10.1 Å². The first kappa shape index (κ1) is 15.7. The zero-order chi connectivity index (χ0) is 16.1. The second-order valence-corrected chi connectivity index (χ2v) is 4.91. The fourth-order valence-electron chi connectivity index (χ4n) is 1.83. The zero-order valence-corrected chi connectivity index (χ0v) is 12.3. The average molecular weight is 301 g/mol. The highest BCUT2D eigenvalue weighted by molar-refractivity contribution is 5.97. The molecular formula is C17H16FNO3. The van der Waals surface area contributed by atoms with Crippen molar-refractivity contribution in [1.29, 1.82) is 0 Å². The number of rotatable bonds is 4. The molecule has 0 saturated carbocycles. The van der Waals surface area contributed by atoms with Crippen LogP contribution in [-0.2, 0) is 9.53 Å². The minimum Gasteiger partial charge on any atom is -0.449 e. The summed E-state index contributed by atoms with van der Waals surface area (Å²) in [6.45, 7) is 3.39. The van der Waals surface area contributed by atoms with Crippen LogP contribution in [0.15, 0.2) is 48.5 Å². The van der Waals surface area contributed by atoms with Gasteiger partial charge in [0.05, 0.1) is 5.56 Å². The lowest BCUT2D eigenvalue weighted by molar-refractivity contribution is -0.123. The first-order chi connectivity index (χ1) is 10.5. The van der Waals surface area contributed by atoms with Crippen LogP contribution in [0, 0.1) is 12.7 Å². The topological polar surface area (TPSA) is 55.4 Å². The van der Waals surface area contributed by atoms with Crippen molar-refractivity contribution in [2.45, 2.75) is 20.0 Å². The SMILES string of the molecule is Cc1cccc(NC(=O)[C@H](C)OC(=O)c2ccc(F)cc2)c1. The van der Waals surface area contributed by atoms with Gasteiger partial charge in [-0.25, -0.2) is 9.18 Å². The third kappa shape index (κ3) is 4.15. The van der Waals surface area contributed by atoms with E-state index in [0.717, 1.165) is 17.7 Å². The molecule has 1 atom stereocenters. The van der Waals surface area contributed by atoms with Crippen LogP contribution in [-0.4, -0.2) is 18.0 Å². The van der Waals surface area contributed by atoms with Gasteiger partial charge in [0.1, 0.15) is 5.82 Å². The number of anilines is 1. The summed E-state index contributed by atoms with van der Waals surface area (Å²) < 4.78 is 17.9. The molecule has 0 bridgehead atoms. The van der Waals surface area contributed by atoms with E-state index in [1.54, 1.807) is 6.07 Å². The van der Waals surface area contributed by atoms with Crippen molar-refractivity contribution in [2.24, 2.45) is 0 Å². The van der Waals surface area contributed by atoms with Gasteiger partial charge in [-0.3, -0.25) is 4.79 Å². The summed E-state index contributed by atoms with van der Waals surface area (Å²) in [5.41, 5.74) is 1.83. The van der Waals surface area contributed by atoms with Crippen molar-refractivity contribution >= 4 is 17.6 Å². The Kier molecular flexibility index (Phi) is 4.88. The molecule has 114 valence electrons. The molecule has 0 radical (unpaired) electrons. The van der Waals surface area contributed by atoms with Gasteiger partial charge in [-0.1, -0.05) is 12.1 Å². The van der Waals surface area contributed by atoms with Crippen molar-refractivity contribution in [3.05, 3.63) is 65.5 Å². The highest BCUT2D eigenvalue weighted by Crippen LogP contribution is 2.11. The Morgan fingerprint density at radius 1 is 1.14 bits per heavy atom. The maximum Gasteiger partial charge on any atom is 0.338 e. The van der Waals surface area contributed by atoms with Gasteiger partial charge < -0.3 is 10.1 Å². The average Bonchev–Trinajstić information content (AvgIpc) is 2.47. The number of amides is 1. The lowest BCUT2D eigenvalue weighted by Crippen LogP contribution is -2.30. The first-order valence-corrected chi connectivity index (χ1v) is 6.80. The fourth-order valence-corrected chi connectivity index (χ4v) is 1.83. The van der Waals surface area contributed by atoms with Crippen molar-refractivity contribution < 1.29 is 18.7 Å². The molecule has 0 aromatic heterocycles. The number of benzene rings is 2. The summed E-state index contributed by atoms with van der Waals surface area (Å²) in [5.74, 6) is -1.55. The summed E-state index contributed by atoms with van der Waals surface area (Å²) in [5, 5.41) is 2.67. The zero-order valence-electron chi connectivity index (χ0n) is 12.3. The van der Waals surface area contributed by atoms with Gasteiger partial charge in [0.15, 0.2) is 6.10 Å². The predicted molar refractivity (Wildman–Crippen MR) is 81.1 cm³/mol. The largest absolute Gasteiger partial charge is 0.449 e. The highest BCUT2D eigenvalue weighted by Gasteiger charge is 2.19. The Morgan fingerprint density at radius 3 is 2.45 bits per heavy atom. The summed E-state index contributed by atoms with van der Waals surface area (Å²) in [6.07, 6.45) is -0.960. The molecule has 1 N–H and O–H groups in total. The molecule has 0 heterocycles. The van der Waals surface area contributed by atoms with Crippen LogP contribution in [0.25, 0.3) is 0 Å². The number of esters is 1. The molecule has 0 saturated heterocycles. The standard InChI is InChI=1S/C17H16FNO3/c1-11-4-3-5-15(10-11)19-16(20)12(2)22-17(21)13-6-8-14(18)9-7-13/h3-10,12H,1-2H3,(H,19,20)/t12-/m0/s1. The number of hydrogen-bond donors (Lipinski definition) is 1. The maximum atomic E-state index is 12.8. The second-order valence-electron chi connectivity index (χ2n) is 4.91. The molecule has 4 nitrogen and oxygen atoms in total. The van der Waals surface area contributed by atoms with Crippen LogP contribution in [0.5, 0.6) is 0 Å². The Labute approximate surface area is 127 Å². The van der Waals surface area contributed by atoms with Crippen LogP contribution in [0.3, 0.4) is 0 Å². The summed E-state index contributed by atoms with van der Waals surface area (Å²) in [6, 6.07) is 12.2. The molecule has 0 fully saturated rings. The molecule has 2 aromatic carbocycles. The molecule has 5 heteroatoms. The molecule has 2 rings (SSSR count). The monoisotopic (exact) mass is 301 g/mol. The lowest BCUT2D eigenvalue weighted by Gasteiger charge is -2.13. The minimum atomic E-state index is -0.960. The van der Waals surface area contributed by atoms with Crippen LogP contribution >= 0.6 is 0 Å². The van der Waals surface area contributed by atoms with Gasteiger partial charge in [0.25, 0.3) is 5.91 Å². The normalized spacial score (nSPS) is 11.6. The molecule has 1 amide bonds. The van der Waals surface area contributed by atoms with Gasteiger partial charge in [0.2, 0.25) is 0 Å². The molecule has 2 aromatic rings. The Hall–Kier alpha value is -2.69. The Morgan fingerprint density at radius 2 is 1.82 bits per heavy atom. The van der Waals surface area contributed by atoms with E-state index < -0.39 is 23.8 Å². The highest BCUT2D eigenvalue weighted by atomic mass is 19.1. The molecule has 0 aliphatic rings. The Bertz CT molecular complexity index is 683. The summed E-state index contributed by atoms with van der Waals surface area (Å²) >= 11 is 0. The smallest absolute Gasteiger partial charge is 0.338 e. The van der Waals surface area contributed by atoms with E-state index in [4.69, 9.17) is 4.74 Å². The van der Waals surface area contributed by atoms with Gasteiger partial charge in [-0.15, -0.1) is 0 Å². The third-order valence-corrected chi connectivity index (χ3v) is 3.02. The van der Waals surface area contributed by atoms with E-state index in [0.29, 0.717) is 5.69 Å².